The molecule has 2 rings (SSSR count). The van der Waals surface area contributed by atoms with E-state index in [1.54, 1.807) is 30.2 Å². The molecule has 0 radical (unpaired) electrons. The summed E-state index contributed by atoms with van der Waals surface area (Å²) in [5.41, 5.74) is 0.144. The molecule has 0 aromatic carbocycles. The summed E-state index contributed by atoms with van der Waals surface area (Å²) in [5.74, 6) is 0.352. The van der Waals surface area contributed by atoms with Crippen molar-refractivity contribution in [3.8, 4) is 6.07 Å². The van der Waals surface area contributed by atoms with E-state index in [-0.39, 0.29) is 11.4 Å². The van der Waals surface area contributed by atoms with Crippen LogP contribution in [0, 0.1) is 21.4 Å². The first-order chi connectivity index (χ1) is 8.60. The summed E-state index contributed by atoms with van der Waals surface area (Å²) in [6, 6.07) is 4.37. The van der Waals surface area contributed by atoms with Crippen LogP contribution in [0.1, 0.15) is 5.69 Å². The van der Waals surface area contributed by atoms with Gasteiger partial charge < -0.3 is 5.32 Å². The van der Waals surface area contributed by atoms with Crippen molar-refractivity contribution in [2.75, 3.05) is 5.32 Å². The Hall–Kier alpha value is -2.95. The molecule has 0 unspecified atom stereocenters. The van der Waals surface area contributed by atoms with E-state index in [1.807, 2.05) is 0 Å². The monoisotopic (exact) mass is 244 g/mol. The molecular weight excluding hydrogens is 236 g/mol. The minimum absolute atomic E-state index is 0.228. The fourth-order valence-electron chi connectivity index (χ4n) is 1.38. The van der Waals surface area contributed by atoms with E-state index in [0.717, 1.165) is 0 Å². The highest BCUT2D eigenvalue weighted by Crippen LogP contribution is 2.20. The van der Waals surface area contributed by atoms with Crippen LogP contribution in [0.25, 0.3) is 0 Å². The van der Waals surface area contributed by atoms with Crippen molar-refractivity contribution in [2.45, 2.75) is 0 Å². The number of hydrogen-bond donors (Lipinski definition) is 1. The van der Waals surface area contributed by atoms with E-state index in [1.165, 1.54) is 12.1 Å². The number of nitrogens with zero attached hydrogens (tertiary/aromatic N) is 5. The topological polar surface area (TPSA) is 110 Å². The number of anilines is 2. The number of pyridine rings is 1. The number of aromatic nitrogens is 3. The molecule has 0 aliphatic rings. The average molecular weight is 244 g/mol. The molecule has 2 aromatic heterocycles. The van der Waals surface area contributed by atoms with E-state index in [2.05, 4.69) is 15.4 Å². The molecule has 0 fully saturated rings. The Balaban J connectivity index is 2.31. The lowest BCUT2D eigenvalue weighted by atomic mass is 10.3. The maximum atomic E-state index is 10.6. The molecule has 0 saturated heterocycles. The Kier molecular flexibility index (Phi) is 2.89. The lowest BCUT2D eigenvalue weighted by Gasteiger charge is -2.02. The van der Waals surface area contributed by atoms with Crippen molar-refractivity contribution in [1.29, 1.82) is 5.26 Å². The van der Waals surface area contributed by atoms with E-state index in [9.17, 15) is 10.1 Å². The average Bonchev–Trinajstić information content (AvgIpc) is 2.74. The van der Waals surface area contributed by atoms with Crippen LogP contribution in [-0.4, -0.2) is 19.7 Å². The fraction of sp³-hybridized carbons (Fsp3) is 0.100. The Morgan fingerprint density at radius 2 is 2.33 bits per heavy atom. The third-order valence-corrected chi connectivity index (χ3v) is 2.15. The van der Waals surface area contributed by atoms with E-state index >= 15 is 0 Å². The van der Waals surface area contributed by atoms with Gasteiger partial charge in [-0.3, -0.25) is 14.8 Å². The molecule has 0 atom stereocenters. The molecule has 18 heavy (non-hydrogen) atoms. The summed E-state index contributed by atoms with van der Waals surface area (Å²) >= 11 is 0. The smallest absolute Gasteiger partial charge is 0.305 e. The molecule has 90 valence electrons. The molecule has 8 nitrogen and oxygen atoms in total. The third-order valence-electron chi connectivity index (χ3n) is 2.15. The Bertz CT molecular complexity index is 642. The molecule has 0 bridgehead atoms. The molecule has 0 amide bonds. The number of rotatable bonds is 3. The lowest BCUT2D eigenvalue weighted by molar-refractivity contribution is -0.385. The van der Waals surface area contributed by atoms with Crippen LogP contribution < -0.4 is 5.32 Å². The van der Waals surface area contributed by atoms with Gasteiger partial charge in [-0.15, -0.1) is 0 Å². The normalized spacial score (nSPS) is 9.78. The first-order valence-corrected chi connectivity index (χ1v) is 4.91. The minimum Gasteiger partial charge on any atom is -0.338 e. The Labute approximate surface area is 102 Å². The van der Waals surface area contributed by atoms with Gasteiger partial charge in [-0.2, -0.15) is 10.4 Å². The Morgan fingerprint density at radius 3 is 2.89 bits per heavy atom. The molecule has 0 saturated carbocycles. The van der Waals surface area contributed by atoms with E-state index in [0.29, 0.717) is 11.5 Å². The minimum atomic E-state index is -0.639. The fourth-order valence-corrected chi connectivity index (χ4v) is 1.38. The summed E-state index contributed by atoms with van der Waals surface area (Å²) in [4.78, 5) is 13.9. The number of aryl methyl sites for hydroxylation is 1. The van der Waals surface area contributed by atoms with Crippen LogP contribution >= 0.6 is 0 Å². The van der Waals surface area contributed by atoms with Gasteiger partial charge in [0.2, 0.25) is 5.69 Å². The molecule has 8 heteroatoms. The van der Waals surface area contributed by atoms with Crippen LogP contribution in [0.5, 0.6) is 0 Å². The highest BCUT2D eigenvalue weighted by atomic mass is 16.6. The molecule has 2 heterocycles. The number of nitrogens with one attached hydrogen (secondary N) is 1. The standard InChI is InChI=1S/C10H8N6O2/c1-15-6-7(5-12-15)13-10-3-2-9(16(17)18)8(4-11)14-10/h2-3,5-6H,1H3,(H,13,14). The summed E-state index contributed by atoms with van der Waals surface area (Å²) in [6.45, 7) is 0. The SMILES string of the molecule is Cn1cc(Nc2ccc([N+](=O)[O-])c(C#N)n2)cn1. The second-order valence-corrected chi connectivity index (χ2v) is 3.46. The third kappa shape index (κ3) is 2.25. The molecule has 2 aromatic rings. The van der Waals surface area contributed by atoms with Gasteiger partial charge in [0, 0.05) is 19.3 Å². The second kappa shape index (κ2) is 4.50. The van der Waals surface area contributed by atoms with Gasteiger partial charge in [0.1, 0.15) is 11.9 Å². The highest BCUT2D eigenvalue weighted by Gasteiger charge is 2.15. The van der Waals surface area contributed by atoms with Crippen LogP contribution in [0.4, 0.5) is 17.2 Å². The first kappa shape index (κ1) is 11.5. The van der Waals surface area contributed by atoms with E-state index in [4.69, 9.17) is 5.26 Å². The Morgan fingerprint density at radius 1 is 1.56 bits per heavy atom. The van der Waals surface area contributed by atoms with Gasteiger partial charge in [0.05, 0.1) is 16.8 Å². The zero-order chi connectivity index (χ0) is 13.1. The van der Waals surface area contributed by atoms with Gasteiger partial charge >= 0.3 is 5.69 Å². The predicted molar refractivity (Wildman–Crippen MR) is 62.1 cm³/mol. The molecular formula is C10H8N6O2. The maximum absolute atomic E-state index is 10.6. The van der Waals surface area contributed by atoms with Gasteiger partial charge in [-0.05, 0) is 6.07 Å². The largest absolute Gasteiger partial charge is 0.338 e. The van der Waals surface area contributed by atoms with E-state index < -0.39 is 4.92 Å². The second-order valence-electron chi connectivity index (χ2n) is 3.46. The summed E-state index contributed by atoms with van der Waals surface area (Å²) < 4.78 is 1.60. The first-order valence-electron chi connectivity index (χ1n) is 4.91. The van der Waals surface area contributed by atoms with Crippen molar-refractivity contribution in [2.24, 2.45) is 7.05 Å². The lowest BCUT2D eigenvalue weighted by Crippen LogP contribution is -1.99. The zero-order valence-electron chi connectivity index (χ0n) is 9.36. The van der Waals surface area contributed by atoms with Gasteiger partial charge in [-0.1, -0.05) is 0 Å². The van der Waals surface area contributed by atoms with Crippen molar-refractivity contribution in [3.63, 3.8) is 0 Å². The zero-order valence-corrected chi connectivity index (χ0v) is 9.36. The maximum Gasteiger partial charge on any atom is 0.305 e. The number of nitro groups is 1. The summed E-state index contributed by atoms with van der Waals surface area (Å²) in [7, 11) is 1.76. The molecule has 0 aliphatic carbocycles. The van der Waals surface area contributed by atoms with Crippen LogP contribution in [0.2, 0.25) is 0 Å². The van der Waals surface area contributed by atoms with Crippen molar-refractivity contribution in [3.05, 3.63) is 40.3 Å². The van der Waals surface area contributed by atoms with Crippen molar-refractivity contribution < 1.29 is 4.92 Å². The van der Waals surface area contributed by atoms with Gasteiger partial charge in [0.25, 0.3) is 0 Å². The van der Waals surface area contributed by atoms with Crippen molar-refractivity contribution >= 4 is 17.2 Å². The number of nitriles is 1. The van der Waals surface area contributed by atoms with Gasteiger partial charge in [-0.25, -0.2) is 4.98 Å². The molecule has 0 spiro atoms. The van der Waals surface area contributed by atoms with Crippen LogP contribution in [0.15, 0.2) is 24.5 Å². The van der Waals surface area contributed by atoms with Crippen LogP contribution in [0.3, 0.4) is 0 Å². The van der Waals surface area contributed by atoms with Gasteiger partial charge in [0.15, 0.2) is 0 Å². The summed E-state index contributed by atoms with van der Waals surface area (Å²) in [5, 5.41) is 26.3. The number of hydrogen-bond acceptors (Lipinski definition) is 6. The van der Waals surface area contributed by atoms with Crippen LogP contribution in [-0.2, 0) is 7.05 Å². The van der Waals surface area contributed by atoms with Crippen molar-refractivity contribution in [1.82, 2.24) is 14.8 Å². The molecule has 1 N–H and O–H groups in total. The quantitative estimate of drug-likeness (QED) is 0.644. The summed E-state index contributed by atoms with van der Waals surface area (Å²) in [6.07, 6.45) is 3.30. The molecule has 0 aliphatic heterocycles. The highest BCUT2D eigenvalue weighted by molar-refractivity contribution is 5.57. The predicted octanol–water partition coefficient (Wildman–Crippen LogP) is 1.34.